The molecule has 0 aliphatic rings. The molecule has 0 unspecified atom stereocenters. The van der Waals surface area contributed by atoms with Gasteiger partial charge >= 0.3 is 0 Å². The first-order valence-electron chi connectivity index (χ1n) is 5.70. The molecule has 2 rings (SSSR count). The Bertz CT molecular complexity index is 516. The van der Waals surface area contributed by atoms with Crippen molar-refractivity contribution >= 4 is 21.6 Å². The second-order valence-corrected chi connectivity index (χ2v) is 5.06. The van der Waals surface area contributed by atoms with Gasteiger partial charge < -0.3 is 10.0 Å². The maximum absolute atomic E-state index is 9.40. The lowest BCUT2D eigenvalue weighted by atomic mass is 10.1. The topological polar surface area (TPSA) is 36.4 Å². The molecule has 0 bridgehead atoms. The molecular weight excluding hydrogens is 292 g/mol. The predicted molar refractivity (Wildman–Crippen MR) is 76.4 cm³/mol. The van der Waals surface area contributed by atoms with E-state index in [0.717, 1.165) is 27.8 Å². The molecule has 4 heteroatoms. The van der Waals surface area contributed by atoms with Crippen LogP contribution in [-0.2, 0) is 13.2 Å². The molecule has 94 valence electrons. The van der Waals surface area contributed by atoms with E-state index in [2.05, 4.69) is 25.8 Å². The van der Waals surface area contributed by atoms with E-state index in [9.17, 15) is 5.11 Å². The molecule has 0 fully saturated rings. The van der Waals surface area contributed by atoms with Gasteiger partial charge in [0.2, 0.25) is 0 Å². The third kappa shape index (κ3) is 3.09. The van der Waals surface area contributed by atoms with Gasteiger partial charge in [0, 0.05) is 41.7 Å². The van der Waals surface area contributed by atoms with Gasteiger partial charge in [-0.05, 0) is 29.8 Å². The summed E-state index contributed by atoms with van der Waals surface area (Å²) in [4.78, 5) is 6.21. The minimum absolute atomic E-state index is 0.0339. The fourth-order valence-corrected chi connectivity index (χ4v) is 2.31. The van der Waals surface area contributed by atoms with Gasteiger partial charge in [-0.25, -0.2) is 0 Å². The quantitative estimate of drug-likeness (QED) is 0.943. The van der Waals surface area contributed by atoms with Crippen LogP contribution in [0.4, 0.5) is 5.69 Å². The molecular formula is C14H15BrN2O. The summed E-state index contributed by atoms with van der Waals surface area (Å²) >= 11 is 3.41. The van der Waals surface area contributed by atoms with E-state index in [0.29, 0.717) is 0 Å². The Balaban J connectivity index is 2.21. The van der Waals surface area contributed by atoms with Crippen LogP contribution in [0, 0.1) is 0 Å². The lowest BCUT2D eigenvalue weighted by Crippen LogP contribution is -2.18. The van der Waals surface area contributed by atoms with Crippen molar-refractivity contribution in [3.8, 4) is 0 Å². The fraction of sp³-hybridized carbons (Fsp3) is 0.214. The molecule has 0 amide bonds. The summed E-state index contributed by atoms with van der Waals surface area (Å²) in [6, 6.07) is 9.90. The molecule has 1 aromatic heterocycles. The van der Waals surface area contributed by atoms with E-state index in [-0.39, 0.29) is 6.61 Å². The van der Waals surface area contributed by atoms with Gasteiger partial charge in [0.15, 0.2) is 0 Å². The summed E-state index contributed by atoms with van der Waals surface area (Å²) in [6.45, 7) is 0.800. The SMILES string of the molecule is CN(Cc1cccnc1)c1ccc(Br)cc1CO. The van der Waals surface area contributed by atoms with Crippen molar-refractivity contribution < 1.29 is 5.11 Å². The highest BCUT2D eigenvalue weighted by molar-refractivity contribution is 9.10. The van der Waals surface area contributed by atoms with Gasteiger partial charge in [-0.2, -0.15) is 0 Å². The smallest absolute Gasteiger partial charge is 0.0702 e. The number of aliphatic hydroxyl groups is 1. The zero-order valence-electron chi connectivity index (χ0n) is 10.2. The minimum Gasteiger partial charge on any atom is -0.392 e. The zero-order chi connectivity index (χ0) is 13.0. The molecule has 0 aliphatic carbocycles. The largest absolute Gasteiger partial charge is 0.392 e. The minimum atomic E-state index is 0.0339. The van der Waals surface area contributed by atoms with E-state index < -0.39 is 0 Å². The van der Waals surface area contributed by atoms with Crippen molar-refractivity contribution in [1.82, 2.24) is 4.98 Å². The standard InChI is InChI=1S/C14H15BrN2O/c1-17(9-11-3-2-6-16-8-11)14-5-4-13(15)7-12(14)10-18/h2-8,18H,9-10H2,1H3. The number of anilines is 1. The van der Waals surface area contributed by atoms with Crippen LogP contribution in [-0.4, -0.2) is 17.1 Å². The number of pyridine rings is 1. The first-order chi connectivity index (χ1) is 8.70. The lowest BCUT2D eigenvalue weighted by molar-refractivity contribution is 0.282. The van der Waals surface area contributed by atoms with Crippen molar-refractivity contribution in [2.45, 2.75) is 13.2 Å². The average Bonchev–Trinajstić information content (AvgIpc) is 2.39. The first kappa shape index (κ1) is 13.1. The maximum atomic E-state index is 9.40. The second-order valence-electron chi connectivity index (χ2n) is 4.15. The Morgan fingerprint density at radius 3 is 2.83 bits per heavy atom. The third-order valence-electron chi connectivity index (χ3n) is 2.77. The number of hydrogen-bond acceptors (Lipinski definition) is 3. The monoisotopic (exact) mass is 306 g/mol. The number of aliphatic hydroxyl groups excluding tert-OH is 1. The normalized spacial score (nSPS) is 10.4. The van der Waals surface area contributed by atoms with Crippen molar-refractivity contribution in [3.63, 3.8) is 0 Å². The summed E-state index contributed by atoms with van der Waals surface area (Å²) < 4.78 is 0.977. The zero-order valence-corrected chi connectivity index (χ0v) is 11.8. The highest BCUT2D eigenvalue weighted by Crippen LogP contribution is 2.24. The van der Waals surface area contributed by atoms with Crippen LogP contribution in [0.1, 0.15) is 11.1 Å². The van der Waals surface area contributed by atoms with Crippen LogP contribution in [0.2, 0.25) is 0 Å². The molecule has 3 nitrogen and oxygen atoms in total. The molecule has 1 N–H and O–H groups in total. The number of halogens is 1. The van der Waals surface area contributed by atoms with Crippen LogP contribution >= 0.6 is 15.9 Å². The fourth-order valence-electron chi connectivity index (χ4n) is 1.90. The van der Waals surface area contributed by atoms with E-state index >= 15 is 0 Å². The van der Waals surface area contributed by atoms with Gasteiger partial charge in [-0.15, -0.1) is 0 Å². The summed E-state index contributed by atoms with van der Waals surface area (Å²) in [5.74, 6) is 0. The van der Waals surface area contributed by atoms with Gasteiger partial charge in [-0.3, -0.25) is 4.98 Å². The molecule has 18 heavy (non-hydrogen) atoms. The first-order valence-corrected chi connectivity index (χ1v) is 6.49. The summed E-state index contributed by atoms with van der Waals surface area (Å²) in [5, 5.41) is 9.40. The van der Waals surface area contributed by atoms with E-state index in [4.69, 9.17) is 0 Å². The van der Waals surface area contributed by atoms with Crippen LogP contribution in [0.5, 0.6) is 0 Å². The highest BCUT2D eigenvalue weighted by atomic mass is 79.9. The van der Waals surface area contributed by atoms with Gasteiger partial charge in [0.05, 0.1) is 6.61 Å². The Morgan fingerprint density at radius 1 is 1.33 bits per heavy atom. The average molecular weight is 307 g/mol. The van der Waals surface area contributed by atoms with Crippen LogP contribution in [0.15, 0.2) is 47.2 Å². The van der Waals surface area contributed by atoms with Crippen molar-refractivity contribution in [2.75, 3.05) is 11.9 Å². The highest BCUT2D eigenvalue weighted by Gasteiger charge is 2.08. The van der Waals surface area contributed by atoms with Gasteiger partial charge in [0.25, 0.3) is 0 Å². The van der Waals surface area contributed by atoms with E-state index in [1.807, 2.05) is 43.6 Å². The van der Waals surface area contributed by atoms with Gasteiger partial charge in [-0.1, -0.05) is 22.0 Å². The lowest BCUT2D eigenvalue weighted by Gasteiger charge is -2.22. The van der Waals surface area contributed by atoms with Crippen molar-refractivity contribution in [3.05, 3.63) is 58.3 Å². The molecule has 0 aliphatic heterocycles. The molecule has 0 saturated heterocycles. The second kappa shape index (κ2) is 5.98. The van der Waals surface area contributed by atoms with E-state index in [1.54, 1.807) is 6.20 Å². The van der Waals surface area contributed by atoms with Crippen molar-refractivity contribution in [2.24, 2.45) is 0 Å². The Hall–Kier alpha value is -1.39. The summed E-state index contributed by atoms with van der Waals surface area (Å²) in [5.41, 5.74) is 3.09. The number of benzene rings is 1. The number of aromatic nitrogens is 1. The number of nitrogens with zero attached hydrogens (tertiary/aromatic N) is 2. The molecule has 2 aromatic rings. The Kier molecular flexibility index (Phi) is 4.33. The number of rotatable bonds is 4. The molecule has 0 atom stereocenters. The van der Waals surface area contributed by atoms with Crippen LogP contribution in [0.3, 0.4) is 0 Å². The number of hydrogen-bond donors (Lipinski definition) is 1. The molecule has 0 spiro atoms. The Labute approximate surface area is 115 Å². The van der Waals surface area contributed by atoms with E-state index in [1.165, 1.54) is 0 Å². The third-order valence-corrected chi connectivity index (χ3v) is 3.26. The van der Waals surface area contributed by atoms with Crippen LogP contribution < -0.4 is 4.90 Å². The molecule has 0 radical (unpaired) electrons. The molecule has 1 aromatic carbocycles. The Morgan fingerprint density at radius 2 is 2.17 bits per heavy atom. The van der Waals surface area contributed by atoms with Gasteiger partial charge in [0.1, 0.15) is 0 Å². The molecule has 0 saturated carbocycles. The molecule has 1 heterocycles. The van der Waals surface area contributed by atoms with Crippen LogP contribution in [0.25, 0.3) is 0 Å². The predicted octanol–water partition coefficient (Wildman–Crippen LogP) is 2.97. The van der Waals surface area contributed by atoms with Crippen molar-refractivity contribution in [1.29, 1.82) is 0 Å². The summed E-state index contributed by atoms with van der Waals surface area (Å²) in [7, 11) is 2.01. The summed E-state index contributed by atoms with van der Waals surface area (Å²) in [6.07, 6.45) is 3.62. The maximum Gasteiger partial charge on any atom is 0.0702 e.